The van der Waals surface area contributed by atoms with E-state index in [0.29, 0.717) is 31.5 Å². The number of rotatable bonds is 15. The molecular formula is C30H45FN4O7. The van der Waals surface area contributed by atoms with E-state index >= 15 is 0 Å². The molecule has 1 N–H and O–H groups in total. The maximum atomic E-state index is 14.2. The van der Waals surface area contributed by atoms with Crippen LogP contribution in [0, 0.1) is 11.7 Å². The van der Waals surface area contributed by atoms with E-state index in [1.807, 2.05) is 13.8 Å². The van der Waals surface area contributed by atoms with Crippen molar-refractivity contribution in [2.45, 2.75) is 65.9 Å². The fraction of sp³-hybridized carbons (Fsp3) is 0.633. The molecule has 0 spiro atoms. The third kappa shape index (κ3) is 12.0. The Balaban J connectivity index is 2.15. The number of carboxylic acids is 1. The van der Waals surface area contributed by atoms with Gasteiger partial charge in [-0.05, 0) is 57.6 Å². The van der Waals surface area contributed by atoms with Crippen molar-refractivity contribution in [3.63, 3.8) is 0 Å². The summed E-state index contributed by atoms with van der Waals surface area (Å²) in [6.45, 7) is 8.90. The number of carbonyl (C=O) groups excluding carboxylic acids is 4. The monoisotopic (exact) mass is 592 g/mol. The molecule has 0 unspecified atom stereocenters. The number of likely N-dealkylation sites (tertiary alicyclic amines) is 1. The second-order valence-electron chi connectivity index (χ2n) is 12.0. The average Bonchev–Trinajstić information content (AvgIpc) is 3.29. The van der Waals surface area contributed by atoms with E-state index in [9.17, 15) is 33.5 Å². The molecule has 1 aliphatic rings. The molecule has 42 heavy (non-hydrogen) atoms. The van der Waals surface area contributed by atoms with Gasteiger partial charge >= 0.3 is 12.1 Å². The van der Waals surface area contributed by atoms with E-state index in [1.165, 1.54) is 20.8 Å². The second kappa shape index (κ2) is 16.1. The van der Waals surface area contributed by atoms with Gasteiger partial charge in [0.05, 0.1) is 6.54 Å². The van der Waals surface area contributed by atoms with Gasteiger partial charge in [-0.1, -0.05) is 32.0 Å². The second-order valence-corrected chi connectivity index (χ2v) is 12.0. The molecule has 0 aliphatic carbocycles. The number of nitrogens with zero attached hydrogens (tertiary/aromatic N) is 4. The van der Waals surface area contributed by atoms with Crippen molar-refractivity contribution < 1.29 is 38.2 Å². The van der Waals surface area contributed by atoms with Crippen molar-refractivity contribution in [2.24, 2.45) is 5.92 Å². The van der Waals surface area contributed by atoms with E-state index in [0.717, 1.165) is 6.42 Å². The molecule has 0 atom stereocenters. The van der Waals surface area contributed by atoms with E-state index < -0.39 is 48.4 Å². The summed E-state index contributed by atoms with van der Waals surface area (Å²) in [5.41, 5.74) is -0.450. The lowest BCUT2D eigenvalue weighted by molar-refractivity contribution is -0.147. The minimum Gasteiger partial charge on any atom is -0.480 e. The Morgan fingerprint density at radius 2 is 1.64 bits per heavy atom. The molecule has 11 nitrogen and oxygen atoms in total. The number of carboxylic acid groups (broad SMARTS) is 1. The Morgan fingerprint density at radius 3 is 2.21 bits per heavy atom. The van der Waals surface area contributed by atoms with Crippen molar-refractivity contribution in [2.75, 3.05) is 52.4 Å². The number of benzene rings is 1. The number of aliphatic carboxylic acids is 1. The molecule has 1 aromatic carbocycles. The lowest BCUT2D eigenvalue weighted by Gasteiger charge is -2.31. The lowest BCUT2D eigenvalue weighted by atomic mass is 10.1. The largest absolute Gasteiger partial charge is 0.480 e. The molecule has 4 amide bonds. The molecule has 0 radical (unpaired) electrons. The first-order chi connectivity index (χ1) is 19.7. The highest BCUT2D eigenvalue weighted by atomic mass is 19.1. The van der Waals surface area contributed by atoms with Crippen LogP contribution in [0.15, 0.2) is 24.3 Å². The highest BCUT2D eigenvalue weighted by Crippen LogP contribution is 2.14. The van der Waals surface area contributed by atoms with Crippen LogP contribution in [0.5, 0.6) is 0 Å². The highest BCUT2D eigenvalue weighted by molar-refractivity contribution is 5.88. The molecule has 1 aromatic rings. The van der Waals surface area contributed by atoms with Crippen LogP contribution >= 0.6 is 0 Å². The van der Waals surface area contributed by atoms with Gasteiger partial charge < -0.3 is 24.5 Å². The summed E-state index contributed by atoms with van der Waals surface area (Å²) >= 11 is 0. The third-order valence-electron chi connectivity index (χ3n) is 6.56. The normalized spacial score (nSPS) is 13.3. The van der Waals surface area contributed by atoms with Gasteiger partial charge in [0.15, 0.2) is 0 Å². The van der Waals surface area contributed by atoms with Gasteiger partial charge in [-0.3, -0.25) is 24.1 Å². The Hall–Kier alpha value is -3.70. The van der Waals surface area contributed by atoms with Crippen molar-refractivity contribution in [3.05, 3.63) is 35.6 Å². The van der Waals surface area contributed by atoms with Gasteiger partial charge in [-0.2, -0.15) is 0 Å². The molecule has 0 saturated carbocycles. The highest BCUT2D eigenvalue weighted by Gasteiger charge is 2.29. The molecule has 0 aromatic heterocycles. The zero-order chi connectivity index (χ0) is 31.4. The van der Waals surface area contributed by atoms with Crippen LogP contribution < -0.4 is 0 Å². The van der Waals surface area contributed by atoms with E-state index in [4.69, 9.17) is 4.74 Å². The molecule has 1 aliphatic heterocycles. The van der Waals surface area contributed by atoms with Crippen molar-refractivity contribution in [3.8, 4) is 0 Å². The summed E-state index contributed by atoms with van der Waals surface area (Å²) in [5.74, 6) is -2.66. The fourth-order valence-electron chi connectivity index (χ4n) is 4.59. The smallest absolute Gasteiger partial charge is 0.410 e. The summed E-state index contributed by atoms with van der Waals surface area (Å²) in [6.07, 6.45) is 1.08. The molecular weight excluding hydrogens is 547 g/mol. The zero-order valence-electron chi connectivity index (χ0n) is 25.4. The van der Waals surface area contributed by atoms with Crippen molar-refractivity contribution in [1.82, 2.24) is 19.6 Å². The maximum Gasteiger partial charge on any atom is 0.410 e. The van der Waals surface area contributed by atoms with Gasteiger partial charge in [0, 0.05) is 39.1 Å². The van der Waals surface area contributed by atoms with Crippen LogP contribution in [0.25, 0.3) is 0 Å². The number of halogens is 1. The Bertz CT molecular complexity index is 1110. The van der Waals surface area contributed by atoms with E-state index in [2.05, 4.69) is 0 Å². The Labute approximate surface area is 247 Å². The van der Waals surface area contributed by atoms with Gasteiger partial charge in [0.1, 0.15) is 24.5 Å². The van der Waals surface area contributed by atoms with E-state index in [-0.39, 0.29) is 44.4 Å². The van der Waals surface area contributed by atoms with Gasteiger partial charge in [0.2, 0.25) is 17.7 Å². The van der Waals surface area contributed by atoms with Crippen LogP contribution in [-0.4, -0.2) is 112 Å². The van der Waals surface area contributed by atoms with Gasteiger partial charge in [0.25, 0.3) is 0 Å². The summed E-state index contributed by atoms with van der Waals surface area (Å²) in [5, 5.41) is 9.40. The summed E-state index contributed by atoms with van der Waals surface area (Å²) < 4.78 is 19.7. The predicted octanol–water partition coefficient (Wildman–Crippen LogP) is 3.02. The lowest BCUT2D eigenvalue weighted by Crippen LogP contribution is -2.50. The number of ether oxygens (including phenoxy) is 1. The Morgan fingerprint density at radius 1 is 1.00 bits per heavy atom. The predicted molar refractivity (Wildman–Crippen MR) is 154 cm³/mol. The third-order valence-corrected chi connectivity index (χ3v) is 6.56. The van der Waals surface area contributed by atoms with E-state index in [1.54, 1.807) is 43.9 Å². The molecule has 2 rings (SSSR count). The molecule has 234 valence electrons. The van der Waals surface area contributed by atoms with Crippen LogP contribution in [0.1, 0.15) is 59.4 Å². The first kappa shape index (κ1) is 34.5. The fourth-order valence-corrected chi connectivity index (χ4v) is 4.59. The van der Waals surface area contributed by atoms with Gasteiger partial charge in [-0.25, -0.2) is 9.18 Å². The quantitative estimate of drug-likeness (QED) is 0.332. The van der Waals surface area contributed by atoms with Crippen LogP contribution in [0.4, 0.5) is 9.18 Å². The summed E-state index contributed by atoms with van der Waals surface area (Å²) in [7, 11) is 0. The molecule has 12 heteroatoms. The summed E-state index contributed by atoms with van der Waals surface area (Å²) in [4.78, 5) is 68.6. The number of hydrogen-bond donors (Lipinski definition) is 1. The van der Waals surface area contributed by atoms with Gasteiger partial charge in [-0.15, -0.1) is 0 Å². The van der Waals surface area contributed by atoms with Crippen molar-refractivity contribution in [1.29, 1.82) is 0 Å². The van der Waals surface area contributed by atoms with Crippen LogP contribution in [0.2, 0.25) is 0 Å². The number of carbonyl (C=O) groups is 5. The first-order valence-electron chi connectivity index (χ1n) is 14.4. The zero-order valence-corrected chi connectivity index (χ0v) is 25.4. The first-order valence-corrected chi connectivity index (χ1v) is 14.4. The summed E-state index contributed by atoms with van der Waals surface area (Å²) in [6, 6.07) is 6.17. The SMILES string of the molecule is CC(C)CN(CC(=O)N(CCCN1CCCC1=O)CC(=O)O)C(=O)CN(CCc1ccccc1F)C(=O)OC(C)(C)C. The maximum absolute atomic E-state index is 14.2. The molecule has 0 bridgehead atoms. The minimum atomic E-state index is -1.19. The minimum absolute atomic E-state index is 0.00537. The molecule has 1 saturated heterocycles. The number of amides is 4. The number of hydrogen-bond acceptors (Lipinski definition) is 6. The standard InChI is InChI=1S/C30H45FN4O7/c1-22(2)18-35(20-26(37)33(21-28(39)40)16-9-15-32-14-8-12-25(32)36)27(38)19-34(29(41)42-30(3,4)5)17-13-23-10-6-7-11-24(23)31/h6-7,10-11,22H,8-9,12-21H2,1-5H3,(H,39,40). The van der Waals surface area contributed by atoms with Crippen LogP contribution in [0.3, 0.4) is 0 Å². The Kier molecular flexibility index (Phi) is 13.2. The average molecular weight is 593 g/mol. The molecule has 1 heterocycles. The van der Waals surface area contributed by atoms with Crippen molar-refractivity contribution >= 4 is 29.8 Å². The topological polar surface area (TPSA) is 128 Å². The molecule has 1 fully saturated rings. The van der Waals surface area contributed by atoms with Crippen LogP contribution in [-0.2, 0) is 30.3 Å².